The van der Waals surface area contributed by atoms with Crippen LogP contribution in [0.15, 0.2) is 0 Å². The Bertz CT molecular complexity index is 236. The second-order valence-electron chi connectivity index (χ2n) is 5.45. The van der Waals surface area contributed by atoms with Crippen LogP contribution < -0.4 is 5.73 Å². The van der Waals surface area contributed by atoms with Gasteiger partial charge in [0.15, 0.2) is 0 Å². The Morgan fingerprint density at radius 2 is 1.94 bits per heavy atom. The number of primary amides is 1. The largest absolute Gasteiger partial charge is 0.351 e. The molecule has 0 aromatic rings. The van der Waals surface area contributed by atoms with Gasteiger partial charge in [0.05, 0.1) is 0 Å². The van der Waals surface area contributed by atoms with Crippen LogP contribution >= 0.6 is 0 Å². The molecule has 2 N–H and O–H groups in total. The zero-order chi connectivity index (χ0) is 12.2. The van der Waals surface area contributed by atoms with Gasteiger partial charge in [0.1, 0.15) is 0 Å². The maximum absolute atomic E-state index is 11.0. The number of urea groups is 1. The molecule has 1 aliphatic heterocycles. The summed E-state index contributed by atoms with van der Waals surface area (Å²) >= 11 is 0. The first-order valence-electron chi connectivity index (χ1n) is 6.58. The molecule has 94 valence electrons. The van der Waals surface area contributed by atoms with Gasteiger partial charge in [-0.15, -0.1) is 0 Å². The molecule has 0 spiro atoms. The van der Waals surface area contributed by atoms with E-state index in [1.807, 2.05) is 0 Å². The summed E-state index contributed by atoms with van der Waals surface area (Å²) in [6.07, 6.45) is 6.33. The standard InChI is InChI=1S/C13H26N2O/c1-4-6-8-13(3,7-5-2)11-9-15(10-11)12(14)16/h11H,4-10H2,1-3H3,(H2,14,16). The highest BCUT2D eigenvalue weighted by Crippen LogP contribution is 2.42. The number of hydrogen-bond donors (Lipinski definition) is 1. The molecule has 3 nitrogen and oxygen atoms in total. The molecule has 1 aliphatic rings. The maximum Gasteiger partial charge on any atom is 0.314 e. The molecular formula is C13H26N2O. The van der Waals surface area contributed by atoms with Crippen LogP contribution in [-0.4, -0.2) is 24.0 Å². The Morgan fingerprint density at radius 1 is 1.31 bits per heavy atom. The minimum absolute atomic E-state index is 0.259. The summed E-state index contributed by atoms with van der Waals surface area (Å²) in [5.74, 6) is 0.659. The van der Waals surface area contributed by atoms with Gasteiger partial charge in [0.25, 0.3) is 0 Å². The van der Waals surface area contributed by atoms with E-state index in [0.29, 0.717) is 11.3 Å². The lowest BCUT2D eigenvalue weighted by atomic mass is 9.67. The number of hydrogen-bond acceptors (Lipinski definition) is 1. The van der Waals surface area contributed by atoms with Crippen molar-refractivity contribution >= 4 is 6.03 Å². The first-order chi connectivity index (χ1) is 7.53. The number of nitrogens with zero attached hydrogens (tertiary/aromatic N) is 1. The van der Waals surface area contributed by atoms with Gasteiger partial charge in [-0.05, 0) is 24.2 Å². The molecule has 1 fully saturated rings. The SMILES string of the molecule is CCCCC(C)(CCC)C1CN(C(N)=O)C1. The number of carbonyl (C=O) groups excluding carboxylic acids is 1. The van der Waals surface area contributed by atoms with E-state index in [9.17, 15) is 4.79 Å². The van der Waals surface area contributed by atoms with Crippen LogP contribution in [0.5, 0.6) is 0 Å². The van der Waals surface area contributed by atoms with E-state index in [4.69, 9.17) is 5.73 Å². The number of nitrogens with two attached hydrogens (primary N) is 1. The van der Waals surface area contributed by atoms with Gasteiger partial charge in [-0.1, -0.05) is 40.0 Å². The molecule has 0 saturated carbocycles. The summed E-state index contributed by atoms with van der Waals surface area (Å²) in [5, 5.41) is 0. The second kappa shape index (κ2) is 5.55. The van der Waals surface area contributed by atoms with E-state index in [-0.39, 0.29) is 6.03 Å². The van der Waals surface area contributed by atoms with Crippen molar-refractivity contribution < 1.29 is 4.79 Å². The van der Waals surface area contributed by atoms with Crippen molar-refractivity contribution in [2.75, 3.05) is 13.1 Å². The molecule has 0 aromatic carbocycles. The van der Waals surface area contributed by atoms with Gasteiger partial charge in [0.2, 0.25) is 0 Å². The van der Waals surface area contributed by atoms with Crippen molar-refractivity contribution in [3.63, 3.8) is 0 Å². The second-order valence-corrected chi connectivity index (χ2v) is 5.45. The normalized spacial score (nSPS) is 20.3. The van der Waals surface area contributed by atoms with Gasteiger partial charge >= 0.3 is 6.03 Å². The third kappa shape index (κ3) is 2.89. The number of rotatable bonds is 6. The Morgan fingerprint density at radius 3 is 2.38 bits per heavy atom. The van der Waals surface area contributed by atoms with Crippen LogP contribution in [0.4, 0.5) is 4.79 Å². The summed E-state index contributed by atoms with van der Waals surface area (Å²) in [6.45, 7) is 8.61. The van der Waals surface area contributed by atoms with Crippen LogP contribution in [0.1, 0.15) is 52.9 Å². The van der Waals surface area contributed by atoms with Crippen molar-refractivity contribution in [2.24, 2.45) is 17.1 Å². The van der Waals surface area contributed by atoms with E-state index >= 15 is 0 Å². The molecule has 16 heavy (non-hydrogen) atoms. The molecule has 0 bridgehead atoms. The van der Waals surface area contributed by atoms with Gasteiger partial charge < -0.3 is 10.6 Å². The summed E-state index contributed by atoms with van der Waals surface area (Å²) < 4.78 is 0. The van der Waals surface area contributed by atoms with Crippen LogP contribution in [0.25, 0.3) is 0 Å². The monoisotopic (exact) mass is 226 g/mol. The van der Waals surface area contributed by atoms with E-state index < -0.39 is 0 Å². The average Bonchev–Trinajstić information content (AvgIpc) is 2.12. The van der Waals surface area contributed by atoms with Gasteiger partial charge in [-0.2, -0.15) is 0 Å². The Balaban J connectivity index is 2.48. The third-order valence-electron chi connectivity index (χ3n) is 4.10. The fourth-order valence-corrected chi connectivity index (χ4v) is 2.78. The Labute approximate surface area is 99.4 Å². The average molecular weight is 226 g/mol. The van der Waals surface area contributed by atoms with E-state index in [1.165, 1.54) is 32.1 Å². The minimum atomic E-state index is -0.259. The summed E-state index contributed by atoms with van der Waals surface area (Å²) in [6, 6.07) is -0.259. The van der Waals surface area contributed by atoms with Gasteiger partial charge in [-0.25, -0.2) is 4.79 Å². The molecule has 1 saturated heterocycles. The predicted octanol–water partition coefficient (Wildman–Crippen LogP) is 2.99. The number of carbonyl (C=O) groups is 1. The Hall–Kier alpha value is -0.730. The van der Waals surface area contributed by atoms with Crippen LogP contribution in [0, 0.1) is 11.3 Å². The van der Waals surface area contributed by atoms with Crippen LogP contribution in [0.2, 0.25) is 0 Å². The first kappa shape index (κ1) is 13.3. The van der Waals surface area contributed by atoms with Gasteiger partial charge in [-0.3, -0.25) is 0 Å². The number of likely N-dealkylation sites (tertiary alicyclic amines) is 1. The molecule has 1 unspecified atom stereocenters. The number of unbranched alkanes of at least 4 members (excludes halogenated alkanes) is 1. The lowest BCUT2D eigenvalue weighted by molar-refractivity contribution is 0.0206. The van der Waals surface area contributed by atoms with Crippen molar-refractivity contribution in [1.82, 2.24) is 4.90 Å². The zero-order valence-electron chi connectivity index (χ0n) is 11.0. The van der Waals surface area contributed by atoms with Crippen molar-refractivity contribution in [2.45, 2.75) is 52.9 Å². The predicted molar refractivity (Wildman–Crippen MR) is 67.2 cm³/mol. The minimum Gasteiger partial charge on any atom is -0.351 e. The summed E-state index contributed by atoms with van der Waals surface area (Å²) in [4.78, 5) is 12.7. The first-order valence-corrected chi connectivity index (χ1v) is 6.58. The fraction of sp³-hybridized carbons (Fsp3) is 0.923. The highest BCUT2D eigenvalue weighted by Gasteiger charge is 2.41. The molecule has 1 rings (SSSR count). The molecular weight excluding hydrogens is 200 g/mol. The maximum atomic E-state index is 11.0. The zero-order valence-corrected chi connectivity index (χ0v) is 11.0. The van der Waals surface area contributed by atoms with Crippen molar-refractivity contribution in [1.29, 1.82) is 0 Å². The number of amides is 2. The molecule has 1 atom stereocenters. The third-order valence-corrected chi connectivity index (χ3v) is 4.10. The molecule has 0 radical (unpaired) electrons. The smallest absolute Gasteiger partial charge is 0.314 e. The summed E-state index contributed by atoms with van der Waals surface area (Å²) in [7, 11) is 0. The molecule has 3 heteroatoms. The van der Waals surface area contributed by atoms with Crippen molar-refractivity contribution in [3.05, 3.63) is 0 Å². The Kier molecular flexibility index (Phi) is 4.63. The van der Waals surface area contributed by atoms with E-state index in [1.54, 1.807) is 4.90 Å². The molecule has 1 heterocycles. The topological polar surface area (TPSA) is 46.3 Å². The fourth-order valence-electron chi connectivity index (χ4n) is 2.78. The molecule has 0 aromatic heterocycles. The van der Waals surface area contributed by atoms with Crippen molar-refractivity contribution in [3.8, 4) is 0 Å². The van der Waals surface area contributed by atoms with Gasteiger partial charge in [0, 0.05) is 13.1 Å². The lowest BCUT2D eigenvalue weighted by Gasteiger charge is -2.49. The van der Waals surface area contributed by atoms with E-state index in [2.05, 4.69) is 20.8 Å². The highest BCUT2D eigenvalue weighted by atomic mass is 16.2. The van der Waals surface area contributed by atoms with Crippen LogP contribution in [-0.2, 0) is 0 Å². The summed E-state index contributed by atoms with van der Waals surface area (Å²) in [5.41, 5.74) is 5.68. The highest BCUT2D eigenvalue weighted by molar-refractivity contribution is 5.72. The lowest BCUT2D eigenvalue weighted by Crippen LogP contribution is -2.57. The quantitative estimate of drug-likeness (QED) is 0.743. The molecule has 2 amide bonds. The molecule has 0 aliphatic carbocycles. The van der Waals surface area contributed by atoms with Crippen LogP contribution in [0.3, 0.4) is 0 Å². The van der Waals surface area contributed by atoms with E-state index in [0.717, 1.165) is 13.1 Å².